The summed E-state index contributed by atoms with van der Waals surface area (Å²) >= 11 is 0. The van der Waals surface area contributed by atoms with E-state index in [1.165, 1.54) is 13.8 Å². The Balaban J connectivity index is 4.60. The Morgan fingerprint density at radius 3 is 2.14 bits per heavy atom. The molecule has 0 aromatic rings. The molecule has 0 aromatic heterocycles. The van der Waals surface area contributed by atoms with Crippen molar-refractivity contribution < 1.29 is 8.42 Å². The van der Waals surface area contributed by atoms with Gasteiger partial charge in [0.05, 0.1) is 5.54 Å². The van der Waals surface area contributed by atoms with E-state index in [0.29, 0.717) is 0 Å². The first-order valence-electron chi connectivity index (χ1n) is 4.22. The first kappa shape index (κ1) is 13.3. The Labute approximate surface area is 85.0 Å². The van der Waals surface area contributed by atoms with Crippen molar-refractivity contribution in [2.24, 2.45) is 5.73 Å². The molecule has 0 fully saturated rings. The highest BCUT2D eigenvalue weighted by molar-refractivity contribution is 7.87. The van der Waals surface area contributed by atoms with Crippen molar-refractivity contribution in [1.82, 2.24) is 9.44 Å². The van der Waals surface area contributed by atoms with E-state index in [1.54, 1.807) is 13.8 Å². The van der Waals surface area contributed by atoms with Gasteiger partial charge in [0.2, 0.25) is 0 Å². The van der Waals surface area contributed by atoms with Crippen LogP contribution in [0.15, 0.2) is 0 Å². The third kappa shape index (κ3) is 4.54. The monoisotopic (exact) mass is 222 g/mol. The average Bonchev–Trinajstić information content (AvgIpc) is 1.79. The van der Waals surface area contributed by atoms with Crippen molar-refractivity contribution in [3.63, 3.8) is 0 Å². The molecule has 0 aliphatic carbocycles. The molecule has 0 rings (SSSR count). The van der Waals surface area contributed by atoms with E-state index in [-0.39, 0.29) is 11.9 Å². The first-order valence-corrected chi connectivity index (χ1v) is 5.71. The van der Waals surface area contributed by atoms with Crippen LogP contribution in [0.25, 0.3) is 0 Å². The summed E-state index contributed by atoms with van der Waals surface area (Å²) in [5.74, 6) is -0.230. The number of amidine groups is 1. The van der Waals surface area contributed by atoms with Crippen molar-refractivity contribution in [1.29, 1.82) is 5.41 Å². The summed E-state index contributed by atoms with van der Waals surface area (Å²) in [6.07, 6.45) is 0. The van der Waals surface area contributed by atoms with E-state index in [9.17, 15) is 8.42 Å². The van der Waals surface area contributed by atoms with Crippen LogP contribution in [0.2, 0.25) is 0 Å². The Kier molecular flexibility index (Phi) is 4.04. The zero-order chi connectivity index (χ0) is 11.6. The van der Waals surface area contributed by atoms with Gasteiger partial charge in [-0.25, -0.2) is 0 Å². The summed E-state index contributed by atoms with van der Waals surface area (Å²) in [6.45, 7) is 6.46. The van der Waals surface area contributed by atoms with E-state index in [2.05, 4.69) is 9.44 Å². The second-order valence-electron chi connectivity index (χ2n) is 3.92. The molecule has 0 amide bonds. The molecule has 84 valence electrons. The largest absolute Gasteiger partial charge is 0.386 e. The fraction of sp³-hybridized carbons (Fsp3) is 0.857. The Morgan fingerprint density at radius 1 is 1.43 bits per heavy atom. The zero-order valence-corrected chi connectivity index (χ0v) is 9.70. The lowest BCUT2D eigenvalue weighted by Crippen LogP contribution is -2.56. The van der Waals surface area contributed by atoms with Gasteiger partial charge in [-0.2, -0.15) is 17.9 Å². The van der Waals surface area contributed by atoms with Crippen molar-refractivity contribution >= 4 is 16.0 Å². The van der Waals surface area contributed by atoms with Crippen LogP contribution in [-0.4, -0.2) is 25.8 Å². The zero-order valence-electron chi connectivity index (χ0n) is 8.88. The van der Waals surface area contributed by atoms with E-state index in [0.717, 1.165) is 0 Å². The second-order valence-corrected chi connectivity index (χ2v) is 5.36. The van der Waals surface area contributed by atoms with Gasteiger partial charge < -0.3 is 5.73 Å². The molecule has 0 radical (unpaired) electrons. The maximum absolute atomic E-state index is 11.4. The number of hydrogen-bond donors (Lipinski definition) is 4. The van der Waals surface area contributed by atoms with Gasteiger partial charge in [0.25, 0.3) is 10.2 Å². The van der Waals surface area contributed by atoms with Crippen molar-refractivity contribution in [3.05, 3.63) is 0 Å². The predicted octanol–water partition coefficient (Wildman–Crippen LogP) is -0.467. The van der Waals surface area contributed by atoms with Crippen LogP contribution in [0, 0.1) is 5.41 Å². The van der Waals surface area contributed by atoms with Crippen LogP contribution in [0.4, 0.5) is 0 Å². The summed E-state index contributed by atoms with van der Waals surface area (Å²) in [4.78, 5) is 0. The highest BCUT2D eigenvalue weighted by Gasteiger charge is 2.27. The Hall–Kier alpha value is -0.660. The molecule has 0 spiro atoms. The van der Waals surface area contributed by atoms with Gasteiger partial charge in [0, 0.05) is 6.04 Å². The highest BCUT2D eigenvalue weighted by Crippen LogP contribution is 2.02. The Morgan fingerprint density at radius 2 is 1.86 bits per heavy atom. The van der Waals surface area contributed by atoms with Gasteiger partial charge in [-0.3, -0.25) is 5.41 Å². The number of nitrogens with one attached hydrogen (secondary N) is 3. The first-order chi connectivity index (χ1) is 6.07. The number of rotatable bonds is 5. The molecule has 14 heavy (non-hydrogen) atoms. The smallest absolute Gasteiger partial charge is 0.278 e. The van der Waals surface area contributed by atoms with E-state index < -0.39 is 15.7 Å². The predicted molar refractivity (Wildman–Crippen MR) is 56.3 cm³/mol. The van der Waals surface area contributed by atoms with E-state index in [1.807, 2.05) is 0 Å². The van der Waals surface area contributed by atoms with Gasteiger partial charge in [-0.15, -0.1) is 0 Å². The summed E-state index contributed by atoms with van der Waals surface area (Å²) in [5.41, 5.74) is 4.17. The lowest BCUT2D eigenvalue weighted by molar-refractivity contribution is 0.521. The summed E-state index contributed by atoms with van der Waals surface area (Å²) in [6, 6.07) is -0.199. The molecular formula is C7H18N4O2S. The minimum Gasteiger partial charge on any atom is -0.386 e. The fourth-order valence-electron chi connectivity index (χ4n) is 0.731. The standard InChI is InChI=1S/C7H18N4O2S/c1-5(2)10-14(12,13)11-7(3,4)6(8)9/h5,10-11H,1-4H3,(H3,8,9). The molecule has 0 atom stereocenters. The topological polar surface area (TPSA) is 108 Å². The molecule has 5 N–H and O–H groups in total. The molecule has 0 saturated carbocycles. The third-order valence-electron chi connectivity index (χ3n) is 1.45. The maximum Gasteiger partial charge on any atom is 0.278 e. The third-order valence-corrected chi connectivity index (χ3v) is 3.01. The van der Waals surface area contributed by atoms with E-state index in [4.69, 9.17) is 11.1 Å². The molecule has 0 saturated heterocycles. The minimum atomic E-state index is -3.60. The van der Waals surface area contributed by atoms with Gasteiger partial charge in [0.1, 0.15) is 5.84 Å². The molecule has 0 bridgehead atoms. The molecule has 6 nitrogen and oxygen atoms in total. The highest BCUT2D eigenvalue weighted by atomic mass is 32.2. The van der Waals surface area contributed by atoms with Gasteiger partial charge in [-0.1, -0.05) is 0 Å². The van der Waals surface area contributed by atoms with Crippen LogP contribution in [0.5, 0.6) is 0 Å². The fourth-order valence-corrected chi connectivity index (χ4v) is 2.19. The van der Waals surface area contributed by atoms with Crippen LogP contribution >= 0.6 is 0 Å². The maximum atomic E-state index is 11.4. The van der Waals surface area contributed by atoms with Crippen LogP contribution in [0.1, 0.15) is 27.7 Å². The number of nitrogens with two attached hydrogens (primary N) is 1. The molecular weight excluding hydrogens is 204 g/mol. The molecule has 0 aliphatic rings. The normalized spacial score (nSPS) is 13.2. The quantitative estimate of drug-likeness (QED) is 0.373. The minimum absolute atomic E-state index is 0.199. The molecule has 0 aromatic carbocycles. The second kappa shape index (κ2) is 4.24. The van der Waals surface area contributed by atoms with Crippen molar-refractivity contribution in [3.8, 4) is 0 Å². The van der Waals surface area contributed by atoms with Crippen LogP contribution in [-0.2, 0) is 10.2 Å². The van der Waals surface area contributed by atoms with Gasteiger partial charge in [-0.05, 0) is 27.7 Å². The van der Waals surface area contributed by atoms with Gasteiger partial charge >= 0.3 is 0 Å². The van der Waals surface area contributed by atoms with Crippen molar-refractivity contribution in [2.75, 3.05) is 0 Å². The molecule has 7 heteroatoms. The molecule has 0 aliphatic heterocycles. The van der Waals surface area contributed by atoms with Crippen LogP contribution in [0.3, 0.4) is 0 Å². The van der Waals surface area contributed by atoms with Crippen LogP contribution < -0.4 is 15.2 Å². The lowest BCUT2D eigenvalue weighted by atomic mass is 10.1. The molecule has 0 heterocycles. The summed E-state index contributed by atoms with van der Waals surface area (Å²) in [7, 11) is -3.60. The summed E-state index contributed by atoms with van der Waals surface area (Å²) < 4.78 is 27.4. The summed E-state index contributed by atoms with van der Waals surface area (Å²) in [5, 5.41) is 7.18. The lowest BCUT2D eigenvalue weighted by Gasteiger charge is -2.24. The Bertz CT molecular complexity index is 308. The van der Waals surface area contributed by atoms with E-state index >= 15 is 0 Å². The average molecular weight is 222 g/mol. The van der Waals surface area contributed by atoms with Crippen molar-refractivity contribution in [2.45, 2.75) is 39.3 Å². The SMILES string of the molecule is CC(C)NS(=O)(=O)NC(C)(C)C(=N)N. The van der Waals surface area contributed by atoms with Gasteiger partial charge in [0.15, 0.2) is 0 Å². The number of hydrogen-bond acceptors (Lipinski definition) is 3. The molecule has 0 unspecified atom stereocenters.